The van der Waals surface area contributed by atoms with E-state index in [1.807, 2.05) is 0 Å². The van der Waals surface area contributed by atoms with Crippen molar-refractivity contribution in [2.24, 2.45) is 0 Å². The second-order valence-electron chi connectivity index (χ2n) is 16.4. The fourth-order valence-electron chi connectivity index (χ4n) is 7.67. The molecule has 8 aromatic carbocycles. The Kier molecular flexibility index (Phi) is 16.8. The van der Waals surface area contributed by atoms with E-state index in [1.54, 1.807) is 72.8 Å². The summed E-state index contributed by atoms with van der Waals surface area (Å²) in [4.78, 5) is 0.876. The topological polar surface area (TPSA) is 130 Å². The molecule has 0 saturated carbocycles. The van der Waals surface area contributed by atoms with E-state index in [4.69, 9.17) is 9.77 Å². The average Bonchev–Trinajstić information content (AvgIpc) is 3.44. The van der Waals surface area contributed by atoms with Gasteiger partial charge in [0.25, 0.3) is 0 Å². The van der Waals surface area contributed by atoms with Crippen LogP contribution >= 0.6 is 40.9 Å². The van der Waals surface area contributed by atoms with Crippen molar-refractivity contribution < 1.29 is 74.5 Å². The van der Waals surface area contributed by atoms with Gasteiger partial charge < -0.3 is 0 Å². The summed E-state index contributed by atoms with van der Waals surface area (Å²) in [5, 5.41) is 0. The normalized spacial score (nSPS) is 13.7. The maximum atomic E-state index is 14.0. The number of hydrogen-bond donors (Lipinski definition) is 0. The molecular formula is C53H40F9IO9S5. The molecule has 9 nitrogen and oxygen atoms in total. The third-order valence-electron chi connectivity index (χ3n) is 11.2. The standard InChI is InChI=1S/C53H40F9IO9S5/c54-51(55,56)75(64,65)70-63(43-29-21-39(22-30-43)37-41-25-33-49(34-26-41)73(45-13-5-1-6-14-45,46-15-7-2-8-16-46)71-76(66,67)52(57,58)59)44-31-23-40(24-32-44)38-42-27-35-50(36-28-42)74(47-17-9-3-10-18-47,48-19-11-4-12-20-48)72-77(68,69)53(60,61)62/h1-36H,37-38H2. The zero-order chi connectivity index (χ0) is 55.5. The Labute approximate surface area is 449 Å². The molecule has 0 radical (unpaired) electrons. The van der Waals surface area contributed by atoms with Crippen LogP contribution in [0.25, 0.3) is 0 Å². The van der Waals surface area contributed by atoms with Gasteiger partial charge in [-0.15, -0.1) is 0 Å². The number of alkyl halides is 9. The number of benzene rings is 8. The summed E-state index contributed by atoms with van der Waals surface area (Å²) in [6.45, 7) is 0. The zero-order valence-electron chi connectivity index (χ0n) is 39.2. The maximum absolute atomic E-state index is 14.0. The second-order valence-corrected chi connectivity index (χ2v) is 31.8. The van der Waals surface area contributed by atoms with Crippen molar-refractivity contribution in [3.05, 3.63) is 248 Å². The predicted octanol–water partition coefficient (Wildman–Crippen LogP) is 15.3. The van der Waals surface area contributed by atoms with Crippen molar-refractivity contribution in [1.29, 1.82) is 0 Å². The fourth-order valence-corrected chi connectivity index (χ4v) is 23.6. The third-order valence-corrected chi connectivity index (χ3v) is 28.1. The van der Waals surface area contributed by atoms with Gasteiger partial charge in [-0.25, -0.2) is 0 Å². The first-order valence-corrected chi connectivity index (χ1v) is 32.6. The number of hydrogen-bond acceptors (Lipinski definition) is 9. The van der Waals surface area contributed by atoms with E-state index in [0.29, 0.717) is 22.3 Å². The molecule has 0 amide bonds. The molecule has 0 heterocycles. The first-order chi connectivity index (χ1) is 36.3. The van der Waals surface area contributed by atoms with Crippen LogP contribution in [0.2, 0.25) is 0 Å². The molecule has 406 valence electrons. The van der Waals surface area contributed by atoms with Gasteiger partial charge in [0, 0.05) is 0 Å². The molecule has 0 bridgehead atoms. The van der Waals surface area contributed by atoms with E-state index in [2.05, 4.69) is 0 Å². The molecule has 24 heteroatoms. The summed E-state index contributed by atoms with van der Waals surface area (Å²) in [5.74, 6) is 0. The Morgan fingerprint density at radius 3 is 0.753 bits per heavy atom. The average molecular weight is 1280 g/mol. The molecule has 8 rings (SSSR count). The van der Waals surface area contributed by atoms with Crippen LogP contribution in [0.3, 0.4) is 0 Å². The summed E-state index contributed by atoms with van der Waals surface area (Å²) in [6.07, 6.45) is 0.320. The van der Waals surface area contributed by atoms with Gasteiger partial charge >= 0.3 is 336 Å². The van der Waals surface area contributed by atoms with E-state index in [1.165, 1.54) is 146 Å². The van der Waals surface area contributed by atoms with Crippen molar-refractivity contribution in [2.75, 3.05) is 0 Å². The van der Waals surface area contributed by atoms with Crippen LogP contribution in [0.4, 0.5) is 39.5 Å². The third kappa shape index (κ3) is 12.4. The molecule has 0 aliphatic carbocycles. The van der Waals surface area contributed by atoms with E-state index in [9.17, 15) is 64.8 Å². The second kappa shape index (κ2) is 22.6. The van der Waals surface area contributed by atoms with Crippen LogP contribution in [0.1, 0.15) is 22.3 Å². The van der Waals surface area contributed by atoms with Crippen LogP contribution in [0.15, 0.2) is 248 Å². The minimum absolute atomic E-state index is 0.117. The molecule has 0 aliphatic heterocycles. The van der Waals surface area contributed by atoms with E-state index in [-0.39, 0.29) is 49.4 Å². The first-order valence-electron chi connectivity index (χ1n) is 22.2. The molecule has 0 unspecified atom stereocenters. The molecule has 8 aromatic rings. The van der Waals surface area contributed by atoms with Gasteiger partial charge in [-0.05, 0) is 0 Å². The van der Waals surface area contributed by atoms with Gasteiger partial charge in [0.15, 0.2) is 0 Å². The Bertz CT molecular complexity index is 3340. The quantitative estimate of drug-likeness (QED) is 0.0468. The van der Waals surface area contributed by atoms with E-state index >= 15 is 0 Å². The Hall–Kier alpha value is -5.71. The minimum atomic E-state index is -6.16. The van der Waals surface area contributed by atoms with Crippen LogP contribution in [0, 0.1) is 7.14 Å². The van der Waals surface area contributed by atoms with Gasteiger partial charge in [-0.2, -0.15) is 43.2 Å². The molecule has 0 saturated heterocycles. The molecule has 0 atom stereocenters. The van der Waals surface area contributed by atoms with Crippen LogP contribution < -0.4 is 0 Å². The van der Waals surface area contributed by atoms with E-state index < -0.39 is 87.7 Å². The van der Waals surface area contributed by atoms with Gasteiger partial charge in [0.2, 0.25) is 0 Å². The molecule has 0 spiro atoms. The molecule has 77 heavy (non-hydrogen) atoms. The zero-order valence-corrected chi connectivity index (χ0v) is 45.4. The van der Waals surface area contributed by atoms with Gasteiger partial charge in [0.1, 0.15) is 0 Å². The van der Waals surface area contributed by atoms with Crippen LogP contribution in [-0.4, -0.2) is 41.8 Å². The van der Waals surface area contributed by atoms with Crippen molar-refractivity contribution in [3.63, 3.8) is 0 Å². The van der Waals surface area contributed by atoms with Gasteiger partial charge in [0.05, 0.1) is 0 Å². The Morgan fingerprint density at radius 2 is 0.519 bits per heavy atom. The molecule has 0 aromatic heterocycles. The van der Waals surface area contributed by atoms with Gasteiger partial charge in [-0.1, -0.05) is 72.8 Å². The van der Waals surface area contributed by atoms with Crippen molar-refractivity contribution in [3.8, 4) is 0 Å². The Morgan fingerprint density at radius 1 is 0.299 bits per heavy atom. The van der Waals surface area contributed by atoms with Crippen molar-refractivity contribution in [1.82, 2.24) is 0 Å². The summed E-state index contributed by atoms with van der Waals surface area (Å²) in [6, 6.07) is 54.5. The number of rotatable bonds is 18. The summed E-state index contributed by atoms with van der Waals surface area (Å²) in [7, 11) is -25.6. The summed E-state index contributed by atoms with van der Waals surface area (Å²) < 4.78 is 217. The van der Waals surface area contributed by atoms with Crippen molar-refractivity contribution in [2.45, 2.75) is 58.7 Å². The first kappa shape index (κ1) is 57.5. The number of halogens is 10. The molecule has 0 aliphatic rings. The fraction of sp³-hybridized carbons (Fsp3) is 0.0943. The van der Waals surface area contributed by atoms with E-state index in [0.717, 1.165) is 0 Å². The molecular weight excluding hydrogens is 1240 g/mol. The van der Waals surface area contributed by atoms with Crippen LogP contribution in [0.5, 0.6) is 0 Å². The SMILES string of the molecule is O=S(=O)(OI(c1ccc(Cc2ccc(S(OS(=O)(=O)C(F)(F)F)(c3ccccc3)c3ccccc3)cc2)cc1)c1ccc(Cc2ccc(S(OS(=O)(=O)C(F)(F)F)(c3ccccc3)c3ccccc3)cc2)cc1)C(F)(F)F. The summed E-state index contributed by atoms with van der Waals surface area (Å²) in [5.41, 5.74) is -14.9. The molecule has 0 N–H and O–H groups in total. The molecule has 0 fully saturated rings. The Balaban J connectivity index is 1.06. The summed E-state index contributed by atoms with van der Waals surface area (Å²) >= 11 is -3.95. The van der Waals surface area contributed by atoms with Gasteiger partial charge in [-0.3, -0.25) is 0 Å². The predicted molar refractivity (Wildman–Crippen MR) is 282 cm³/mol. The van der Waals surface area contributed by atoms with Crippen LogP contribution in [-0.2, 0) is 53.0 Å². The monoisotopic (exact) mass is 1280 g/mol. The van der Waals surface area contributed by atoms with Crippen molar-refractivity contribution >= 4 is 71.2 Å².